The molecule has 0 aliphatic carbocycles. The normalized spacial score (nSPS) is 12.4. The molecular weight excluding hydrogens is 333 g/mol. The van der Waals surface area contributed by atoms with Crippen molar-refractivity contribution in [2.45, 2.75) is 26.4 Å². The number of carbonyl (C=O) groups excluding carboxylic acids is 1. The molecule has 0 fully saturated rings. The van der Waals surface area contributed by atoms with Gasteiger partial charge in [-0.25, -0.2) is 9.18 Å². The van der Waals surface area contributed by atoms with Gasteiger partial charge < -0.3 is 15.4 Å². The molecule has 0 heterocycles. The molecule has 0 aromatic heterocycles. The predicted molar refractivity (Wildman–Crippen MR) is 101 cm³/mol. The molecule has 2 aromatic rings. The minimum absolute atomic E-state index is 0.0991. The molecular formula is C20H24FN3O2. The highest BCUT2D eigenvalue weighted by Gasteiger charge is 2.10. The predicted octanol–water partition coefficient (Wildman–Crippen LogP) is 3.35. The van der Waals surface area contributed by atoms with Gasteiger partial charge in [0.1, 0.15) is 5.82 Å². The highest BCUT2D eigenvalue weighted by Crippen LogP contribution is 2.16. The average Bonchev–Trinajstić information content (AvgIpc) is 2.66. The first-order valence-corrected chi connectivity index (χ1v) is 8.35. The molecule has 0 saturated carbocycles. The maximum atomic E-state index is 13.7. The number of rotatable bonds is 5. The molecule has 0 bridgehead atoms. The molecule has 1 unspecified atom stereocenters. The number of nitrogens with zero attached hydrogens (tertiary/aromatic N) is 1. The van der Waals surface area contributed by atoms with Crippen molar-refractivity contribution in [3.05, 3.63) is 70.5 Å². The summed E-state index contributed by atoms with van der Waals surface area (Å²) in [4.78, 5) is 15.6. The first-order valence-electron chi connectivity index (χ1n) is 8.35. The van der Waals surface area contributed by atoms with E-state index in [4.69, 9.17) is 0 Å². The molecule has 2 rings (SSSR count). The number of hydrogen-bond donors (Lipinski definition) is 2. The van der Waals surface area contributed by atoms with E-state index in [1.165, 1.54) is 13.2 Å². The highest BCUT2D eigenvalue weighted by molar-refractivity contribution is 5.89. The van der Waals surface area contributed by atoms with Crippen LogP contribution >= 0.6 is 0 Å². The fourth-order valence-corrected chi connectivity index (χ4v) is 2.42. The summed E-state index contributed by atoms with van der Waals surface area (Å²) in [5.74, 6) is 0.0291. The van der Waals surface area contributed by atoms with Gasteiger partial charge in [-0.2, -0.15) is 0 Å². The fourth-order valence-electron chi connectivity index (χ4n) is 2.42. The number of ether oxygens (including phenoxy) is 1. The van der Waals surface area contributed by atoms with E-state index in [9.17, 15) is 9.18 Å². The van der Waals surface area contributed by atoms with E-state index in [1.54, 1.807) is 32.2 Å². The number of methoxy groups -OCH3 is 1. The van der Waals surface area contributed by atoms with Gasteiger partial charge >= 0.3 is 5.97 Å². The number of nitrogens with one attached hydrogen (secondary N) is 2. The van der Waals surface area contributed by atoms with Crippen LogP contribution in [-0.4, -0.2) is 26.1 Å². The Morgan fingerprint density at radius 1 is 1.23 bits per heavy atom. The lowest BCUT2D eigenvalue weighted by Crippen LogP contribution is -2.38. The highest BCUT2D eigenvalue weighted by atomic mass is 19.1. The Balaban J connectivity index is 1.94. The zero-order valence-electron chi connectivity index (χ0n) is 15.5. The van der Waals surface area contributed by atoms with Gasteiger partial charge in [0, 0.05) is 13.6 Å². The monoisotopic (exact) mass is 357 g/mol. The van der Waals surface area contributed by atoms with E-state index >= 15 is 0 Å². The van der Waals surface area contributed by atoms with E-state index in [2.05, 4.69) is 20.4 Å². The van der Waals surface area contributed by atoms with Gasteiger partial charge in [-0.05, 0) is 48.7 Å². The van der Waals surface area contributed by atoms with E-state index in [0.717, 1.165) is 11.1 Å². The maximum Gasteiger partial charge on any atom is 0.337 e. The molecule has 0 radical (unpaired) electrons. The maximum absolute atomic E-state index is 13.7. The summed E-state index contributed by atoms with van der Waals surface area (Å²) in [6, 6.07) is 12.2. The van der Waals surface area contributed by atoms with Crippen LogP contribution in [0.4, 0.5) is 4.39 Å². The van der Waals surface area contributed by atoms with Crippen LogP contribution in [-0.2, 0) is 11.3 Å². The van der Waals surface area contributed by atoms with Crippen LogP contribution in [0.25, 0.3) is 0 Å². The van der Waals surface area contributed by atoms with Crippen LogP contribution in [0.15, 0.2) is 47.5 Å². The number of benzene rings is 2. The van der Waals surface area contributed by atoms with Crippen molar-refractivity contribution in [3.63, 3.8) is 0 Å². The quantitative estimate of drug-likeness (QED) is 0.489. The first-order chi connectivity index (χ1) is 12.4. The van der Waals surface area contributed by atoms with Crippen molar-refractivity contribution < 1.29 is 13.9 Å². The second kappa shape index (κ2) is 8.99. The van der Waals surface area contributed by atoms with E-state index in [1.807, 2.05) is 25.1 Å². The molecule has 0 amide bonds. The summed E-state index contributed by atoms with van der Waals surface area (Å²) < 4.78 is 18.4. The van der Waals surface area contributed by atoms with Crippen molar-refractivity contribution in [1.29, 1.82) is 0 Å². The van der Waals surface area contributed by atoms with Crippen molar-refractivity contribution in [2.75, 3.05) is 14.2 Å². The van der Waals surface area contributed by atoms with Gasteiger partial charge in [0.15, 0.2) is 5.96 Å². The molecule has 26 heavy (non-hydrogen) atoms. The van der Waals surface area contributed by atoms with Crippen molar-refractivity contribution in [2.24, 2.45) is 4.99 Å². The van der Waals surface area contributed by atoms with Crippen molar-refractivity contribution in [3.8, 4) is 0 Å². The SMILES string of the molecule is CN=C(NCc1ccc(C(=O)OC)cc1)NC(C)c1ccc(C)c(F)c1. The van der Waals surface area contributed by atoms with E-state index < -0.39 is 0 Å². The van der Waals surface area contributed by atoms with Crippen LogP contribution in [0.2, 0.25) is 0 Å². The van der Waals surface area contributed by atoms with E-state index in [0.29, 0.717) is 23.6 Å². The Bertz CT molecular complexity index is 788. The van der Waals surface area contributed by atoms with Gasteiger partial charge in [-0.3, -0.25) is 4.99 Å². The summed E-state index contributed by atoms with van der Waals surface area (Å²) in [5, 5.41) is 6.44. The summed E-state index contributed by atoms with van der Waals surface area (Å²) in [6.07, 6.45) is 0. The lowest BCUT2D eigenvalue weighted by atomic mass is 10.1. The molecule has 0 spiro atoms. The first kappa shape index (κ1) is 19.4. The van der Waals surface area contributed by atoms with Gasteiger partial charge in [0.2, 0.25) is 0 Å². The molecule has 1 atom stereocenters. The third-order valence-corrected chi connectivity index (χ3v) is 4.11. The minimum atomic E-state index is -0.360. The largest absolute Gasteiger partial charge is 0.465 e. The van der Waals surface area contributed by atoms with Crippen LogP contribution in [0.3, 0.4) is 0 Å². The smallest absolute Gasteiger partial charge is 0.337 e. The third kappa shape index (κ3) is 5.05. The lowest BCUT2D eigenvalue weighted by molar-refractivity contribution is 0.0600. The van der Waals surface area contributed by atoms with Crippen molar-refractivity contribution in [1.82, 2.24) is 10.6 Å². The summed E-state index contributed by atoms with van der Waals surface area (Å²) in [7, 11) is 3.03. The molecule has 5 nitrogen and oxygen atoms in total. The molecule has 0 saturated heterocycles. The van der Waals surface area contributed by atoms with Crippen LogP contribution in [0.1, 0.15) is 40.0 Å². The standard InChI is InChI=1S/C20H24FN3O2/c1-13-5-8-17(11-18(13)21)14(2)24-20(22-3)23-12-15-6-9-16(10-7-15)19(25)26-4/h5-11,14H,12H2,1-4H3,(H2,22,23,24). The van der Waals surface area contributed by atoms with Crippen LogP contribution < -0.4 is 10.6 Å². The van der Waals surface area contributed by atoms with Gasteiger partial charge in [0.05, 0.1) is 18.7 Å². The second-order valence-corrected chi connectivity index (χ2v) is 5.99. The number of hydrogen-bond acceptors (Lipinski definition) is 3. The second-order valence-electron chi connectivity index (χ2n) is 5.99. The molecule has 6 heteroatoms. The van der Waals surface area contributed by atoms with Gasteiger partial charge in [-0.15, -0.1) is 0 Å². The molecule has 0 aliphatic heterocycles. The lowest BCUT2D eigenvalue weighted by Gasteiger charge is -2.19. The number of aryl methyl sites for hydroxylation is 1. The Morgan fingerprint density at radius 2 is 1.92 bits per heavy atom. The molecule has 2 aromatic carbocycles. The Morgan fingerprint density at radius 3 is 2.50 bits per heavy atom. The molecule has 0 aliphatic rings. The Kier molecular flexibility index (Phi) is 6.72. The van der Waals surface area contributed by atoms with Crippen LogP contribution in [0.5, 0.6) is 0 Å². The minimum Gasteiger partial charge on any atom is -0.465 e. The van der Waals surface area contributed by atoms with Gasteiger partial charge in [0.25, 0.3) is 0 Å². The molecule has 2 N–H and O–H groups in total. The average molecular weight is 357 g/mol. The van der Waals surface area contributed by atoms with E-state index in [-0.39, 0.29) is 17.8 Å². The number of carbonyl (C=O) groups is 1. The topological polar surface area (TPSA) is 62.7 Å². The number of halogens is 1. The Hall–Kier alpha value is -2.89. The Labute approximate surface area is 153 Å². The summed E-state index contributed by atoms with van der Waals surface area (Å²) in [6.45, 7) is 4.22. The zero-order valence-corrected chi connectivity index (χ0v) is 15.5. The van der Waals surface area contributed by atoms with Crippen LogP contribution in [0, 0.1) is 12.7 Å². The van der Waals surface area contributed by atoms with Crippen molar-refractivity contribution >= 4 is 11.9 Å². The van der Waals surface area contributed by atoms with Gasteiger partial charge in [-0.1, -0.05) is 24.3 Å². The fraction of sp³-hybridized carbons (Fsp3) is 0.300. The number of guanidine groups is 1. The zero-order chi connectivity index (χ0) is 19.1. The molecule has 138 valence electrons. The summed E-state index contributed by atoms with van der Waals surface area (Å²) >= 11 is 0. The number of aliphatic imine (C=N–C) groups is 1. The number of esters is 1. The summed E-state index contributed by atoms with van der Waals surface area (Å²) in [5.41, 5.74) is 2.97. The third-order valence-electron chi connectivity index (χ3n) is 4.11.